The molecule has 0 atom stereocenters. The lowest BCUT2D eigenvalue weighted by Gasteiger charge is -2.31. The Morgan fingerprint density at radius 2 is 2.00 bits per heavy atom. The third kappa shape index (κ3) is 3.62. The van der Waals surface area contributed by atoms with Crippen molar-refractivity contribution >= 4 is 34.3 Å². The molecule has 0 amide bonds. The van der Waals surface area contributed by atoms with Crippen molar-refractivity contribution in [2.45, 2.75) is 18.6 Å². The van der Waals surface area contributed by atoms with Crippen molar-refractivity contribution in [2.75, 3.05) is 26.2 Å². The first kappa shape index (κ1) is 12.7. The first-order valence-corrected chi connectivity index (χ1v) is 6.08. The Bertz CT molecular complexity index is 263. The molecule has 1 fully saturated rings. The maximum Gasteiger partial charge on any atom is 0.319 e. The SMILES string of the molecule is CC(C)(SC(=S)N1CCNCC1)C(=O)O. The molecular formula is C9H16N2O2S2. The normalized spacial score (nSPS) is 17.6. The average Bonchev–Trinajstić information content (AvgIpc) is 2.18. The molecule has 6 heteroatoms. The molecule has 0 aromatic carbocycles. The number of hydrogen-bond acceptors (Lipinski definition) is 4. The lowest BCUT2D eigenvalue weighted by molar-refractivity contribution is -0.138. The average molecular weight is 248 g/mol. The molecule has 1 heterocycles. The van der Waals surface area contributed by atoms with Crippen LogP contribution >= 0.6 is 24.0 Å². The predicted molar refractivity (Wildman–Crippen MR) is 66.3 cm³/mol. The van der Waals surface area contributed by atoms with E-state index in [1.54, 1.807) is 13.8 Å². The van der Waals surface area contributed by atoms with Crippen molar-refractivity contribution in [3.05, 3.63) is 0 Å². The lowest BCUT2D eigenvalue weighted by Crippen LogP contribution is -2.46. The van der Waals surface area contributed by atoms with Crippen molar-refractivity contribution in [1.29, 1.82) is 0 Å². The van der Waals surface area contributed by atoms with Crippen LogP contribution in [0.3, 0.4) is 0 Å². The molecule has 0 aromatic rings. The van der Waals surface area contributed by atoms with Gasteiger partial charge in [0.25, 0.3) is 0 Å². The van der Waals surface area contributed by atoms with Gasteiger partial charge in [0, 0.05) is 26.2 Å². The number of carbonyl (C=O) groups is 1. The van der Waals surface area contributed by atoms with E-state index < -0.39 is 10.7 Å². The van der Waals surface area contributed by atoms with Crippen molar-refractivity contribution in [2.24, 2.45) is 0 Å². The van der Waals surface area contributed by atoms with Gasteiger partial charge in [-0.3, -0.25) is 4.79 Å². The van der Waals surface area contributed by atoms with Crippen molar-refractivity contribution in [1.82, 2.24) is 10.2 Å². The molecule has 1 aliphatic heterocycles. The van der Waals surface area contributed by atoms with Crippen LogP contribution in [0.2, 0.25) is 0 Å². The molecule has 1 saturated heterocycles. The van der Waals surface area contributed by atoms with E-state index in [1.807, 2.05) is 0 Å². The summed E-state index contributed by atoms with van der Waals surface area (Å²) >= 11 is 6.49. The number of hydrogen-bond donors (Lipinski definition) is 2. The van der Waals surface area contributed by atoms with Gasteiger partial charge in [0.15, 0.2) is 0 Å². The highest BCUT2D eigenvalue weighted by molar-refractivity contribution is 8.24. The first-order valence-electron chi connectivity index (χ1n) is 4.85. The van der Waals surface area contributed by atoms with E-state index in [9.17, 15) is 4.79 Å². The minimum atomic E-state index is -0.845. The molecule has 0 aliphatic carbocycles. The molecule has 0 spiro atoms. The second-order valence-corrected chi connectivity index (χ2v) is 6.18. The van der Waals surface area contributed by atoms with Crippen LogP contribution in [0.15, 0.2) is 0 Å². The smallest absolute Gasteiger partial charge is 0.319 e. The van der Waals surface area contributed by atoms with Crippen LogP contribution in [-0.4, -0.2) is 51.2 Å². The second-order valence-electron chi connectivity index (χ2n) is 3.92. The minimum absolute atomic E-state index is 0.684. The summed E-state index contributed by atoms with van der Waals surface area (Å²) < 4.78 is -0.161. The number of nitrogens with zero attached hydrogens (tertiary/aromatic N) is 1. The summed E-state index contributed by atoms with van der Waals surface area (Å²) in [5.74, 6) is -0.829. The zero-order valence-corrected chi connectivity index (χ0v) is 10.6. The Kier molecular flexibility index (Phi) is 4.36. The lowest BCUT2D eigenvalue weighted by atomic mass is 10.2. The molecule has 2 N–H and O–H groups in total. The summed E-state index contributed by atoms with van der Waals surface area (Å²) in [6.45, 7) is 6.90. The number of thioether (sulfide) groups is 1. The summed E-state index contributed by atoms with van der Waals surface area (Å²) in [4.78, 5) is 13.0. The molecule has 1 aliphatic rings. The van der Waals surface area contributed by atoms with E-state index in [1.165, 1.54) is 11.8 Å². The third-order valence-electron chi connectivity index (χ3n) is 2.23. The summed E-state index contributed by atoms with van der Waals surface area (Å²) in [5.41, 5.74) is 0. The van der Waals surface area contributed by atoms with E-state index in [-0.39, 0.29) is 0 Å². The fraction of sp³-hybridized carbons (Fsp3) is 0.778. The molecule has 0 aromatic heterocycles. The molecule has 4 nitrogen and oxygen atoms in total. The highest BCUT2D eigenvalue weighted by Crippen LogP contribution is 2.27. The van der Waals surface area contributed by atoms with Gasteiger partial charge in [-0.25, -0.2) is 0 Å². The van der Waals surface area contributed by atoms with E-state index in [4.69, 9.17) is 17.3 Å². The Morgan fingerprint density at radius 1 is 1.47 bits per heavy atom. The molecular weight excluding hydrogens is 232 g/mol. The van der Waals surface area contributed by atoms with E-state index in [0.717, 1.165) is 26.2 Å². The monoisotopic (exact) mass is 248 g/mol. The van der Waals surface area contributed by atoms with E-state index in [0.29, 0.717) is 4.32 Å². The van der Waals surface area contributed by atoms with Gasteiger partial charge in [-0.15, -0.1) is 0 Å². The van der Waals surface area contributed by atoms with Crippen LogP contribution in [0, 0.1) is 0 Å². The zero-order chi connectivity index (χ0) is 11.5. The van der Waals surface area contributed by atoms with Crippen LogP contribution in [0.1, 0.15) is 13.8 Å². The van der Waals surface area contributed by atoms with Gasteiger partial charge < -0.3 is 15.3 Å². The van der Waals surface area contributed by atoms with Crippen molar-refractivity contribution in [3.8, 4) is 0 Å². The highest BCUT2D eigenvalue weighted by atomic mass is 32.2. The summed E-state index contributed by atoms with van der Waals surface area (Å²) in [6.07, 6.45) is 0. The third-order valence-corrected chi connectivity index (χ3v) is 3.86. The maximum absolute atomic E-state index is 10.9. The second kappa shape index (κ2) is 5.14. The van der Waals surface area contributed by atoms with Gasteiger partial charge in [0.2, 0.25) is 0 Å². The van der Waals surface area contributed by atoms with Crippen LogP contribution < -0.4 is 5.32 Å². The topological polar surface area (TPSA) is 52.6 Å². The quantitative estimate of drug-likeness (QED) is 0.704. The number of nitrogens with one attached hydrogen (secondary N) is 1. The van der Waals surface area contributed by atoms with Crippen LogP contribution in [0.5, 0.6) is 0 Å². The summed E-state index contributed by atoms with van der Waals surface area (Å²) in [7, 11) is 0. The van der Waals surface area contributed by atoms with E-state index >= 15 is 0 Å². The number of carboxylic acid groups (broad SMARTS) is 1. The number of piperazine rings is 1. The molecule has 0 bridgehead atoms. The van der Waals surface area contributed by atoms with Crippen molar-refractivity contribution in [3.63, 3.8) is 0 Å². The van der Waals surface area contributed by atoms with Gasteiger partial charge >= 0.3 is 5.97 Å². The standard InChI is InChI=1S/C9H16N2O2S2/c1-9(2,7(12)13)15-8(14)11-5-3-10-4-6-11/h10H,3-6H2,1-2H3,(H,12,13). The Hall–Kier alpha value is -0.330. The highest BCUT2D eigenvalue weighted by Gasteiger charge is 2.31. The summed E-state index contributed by atoms with van der Waals surface area (Å²) in [5, 5.41) is 12.2. The summed E-state index contributed by atoms with van der Waals surface area (Å²) in [6, 6.07) is 0. The van der Waals surface area contributed by atoms with Gasteiger partial charge in [0.1, 0.15) is 9.07 Å². The number of rotatable bonds is 2. The number of thiocarbonyl (C=S) groups is 1. The fourth-order valence-corrected chi connectivity index (χ4v) is 2.82. The molecule has 1 rings (SSSR count). The van der Waals surface area contributed by atoms with Crippen LogP contribution in [0.4, 0.5) is 0 Å². The predicted octanol–water partition coefficient (Wildman–Crippen LogP) is 0.773. The number of carboxylic acids is 1. The maximum atomic E-state index is 10.9. The Morgan fingerprint density at radius 3 is 2.47 bits per heavy atom. The first-order chi connectivity index (χ1) is 6.93. The molecule has 0 unspecified atom stereocenters. The van der Waals surface area contributed by atoms with E-state index in [2.05, 4.69) is 10.2 Å². The minimum Gasteiger partial charge on any atom is -0.480 e. The van der Waals surface area contributed by atoms with Crippen LogP contribution in [-0.2, 0) is 4.79 Å². The fourth-order valence-electron chi connectivity index (χ4n) is 1.17. The molecule has 0 saturated carbocycles. The Balaban J connectivity index is 2.50. The van der Waals surface area contributed by atoms with Gasteiger partial charge in [-0.1, -0.05) is 24.0 Å². The zero-order valence-electron chi connectivity index (χ0n) is 8.95. The van der Waals surface area contributed by atoms with Gasteiger partial charge in [-0.05, 0) is 13.8 Å². The molecule has 15 heavy (non-hydrogen) atoms. The van der Waals surface area contributed by atoms with Gasteiger partial charge in [-0.2, -0.15) is 0 Å². The largest absolute Gasteiger partial charge is 0.480 e. The van der Waals surface area contributed by atoms with Gasteiger partial charge in [0.05, 0.1) is 0 Å². The number of aliphatic carboxylic acids is 1. The molecule has 0 radical (unpaired) electrons. The van der Waals surface area contributed by atoms with Crippen LogP contribution in [0.25, 0.3) is 0 Å². The Labute approximate surface area is 99.4 Å². The van der Waals surface area contributed by atoms with Crippen molar-refractivity contribution < 1.29 is 9.90 Å². The molecule has 86 valence electrons.